The minimum absolute atomic E-state index is 0.0199. The lowest BCUT2D eigenvalue weighted by molar-refractivity contribution is 0.0802. The van der Waals surface area contributed by atoms with E-state index in [1.165, 1.54) is 0 Å². The summed E-state index contributed by atoms with van der Waals surface area (Å²) < 4.78 is 5.76. The van der Waals surface area contributed by atoms with Crippen LogP contribution in [0.3, 0.4) is 0 Å². The van der Waals surface area contributed by atoms with Crippen molar-refractivity contribution in [2.75, 3.05) is 19.8 Å². The summed E-state index contributed by atoms with van der Waals surface area (Å²) in [6, 6.07) is 5.58. The van der Waals surface area contributed by atoms with Crippen molar-refractivity contribution in [3.05, 3.63) is 29.3 Å². The van der Waals surface area contributed by atoms with Crippen molar-refractivity contribution in [2.24, 2.45) is 5.73 Å². The van der Waals surface area contributed by atoms with Crippen molar-refractivity contribution in [1.82, 2.24) is 5.32 Å². The first-order valence-corrected chi connectivity index (χ1v) is 8.97. The Kier molecular flexibility index (Phi) is 7.06. The van der Waals surface area contributed by atoms with Crippen LogP contribution in [0.2, 0.25) is 0 Å². The van der Waals surface area contributed by atoms with E-state index in [-0.39, 0.29) is 12.5 Å². The molecule has 1 saturated carbocycles. The van der Waals surface area contributed by atoms with Crippen LogP contribution in [0.5, 0.6) is 5.75 Å². The molecule has 1 fully saturated rings. The Morgan fingerprint density at radius 2 is 2.00 bits per heavy atom. The number of aliphatic hydroxyl groups excluding tert-OH is 1. The van der Waals surface area contributed by atoms with E-state index in [0.717, 1.165) is 50.5 Å². The van der Waals surface area contributed by atoms with Gasteiger partial charge in [-0.15, -0.1) is 0 Å². The van der Waals surface area contributed by atoms with Crippen molar-refractivity contribution in [3.63, 3.8) is 0 Å². The normalized spacial score (nSPS) is 17.1. The quantitative estimate of drug-likeness (QED) is 0.528. The third kappa shape index (κ3) is 4.95. The Hall–Kier alpha value is -1.59. The monoisotopic (exact) mass is 334 g/mol. The van der Waals surface area contributed by atoms with Gasteiger partial charge >= 0.3 is 0 Å². The first kappa shape index (κ1) is 18.7. The maximum absolute atomic E-state index is 12.8. The molecule has 0 bridgehead atoms. The zero-order chi connectivity index (χ0) is 17.4. The Morgan fingerprint density at radius 1 is 1.29 bits per heavy atom. The van der Waals surface area contributed by atoms with Crippen LogP contribution in [-0.4, -0.2) is 36.3 Å². The summed E-state index contributed by atoms with van der Waals surface area (Å²) in [5, 5.41) is 13.0. The Morgan fingerprint density at radius 3 is 2.62 bits per heavy atom. The summed E-state index contributed by atoms with van der Waals surface area (Å²) in [7, 11) is 0. The fraction of sp³-hybridized carbons (Fsp3) is 0.632. The van der Waals surface area contributed by atoms with Gasteiger partial charge in [-0.05, 0) is 50.4 Å². The van der Waals surface area contributed by atoms with Crippen LogP contribution in [-0.2, 0) is 0 Å². The molecule has 2 rings (SSSR count). The number of nitrogens with one attached hydrogen (secondary N) is 1. The van der Waals surface area contributed by atoms with E-state index < -0.39 is 5.54 Å². The second-order valence-electron chi connectivity index (χ2n) is 6.80. The highest BCUT2D eigenvalue weighted by atomic mass is 16.5. The second-order valence-corrected chi connectivity index (χ2v) is 6.80. The number of aryl methyl sites for hydroxylation is 1. The molecular formula is C19H30N2O3. The van der Waals surface area contributed by atoms with Crippen LogP contribution in [0.15, 0.2) is 18.2 Å². The molecule has 1 amide bonds. The molecule has 4 N–H and O–H groups in total. The number of amides is 1. The van der Waals surface area contributed by atoms with E-state index in [4.69, 9.17) is 10.5 Å². The summed E-state index contributed by atoms with van der Waals surface area (Å²) >= 11 is 0. The Labute approximate surface area is 144 Å². The molecule has 0 aromatic heterocycles. The van der Waals surface area contributed by atoms with Crippen LogP contribution in [0, 0.1) is 6.92 Å². The molecule has 1 aromatic carbocycles. The number of hydrogen-bond acceptors (Lipinski definition) is 4. The van der Waals surface area contributed by atoms with Gasteiger partial charge in [0.2, 0.25) is 0 Å². The van der Waals surface area contributed by atoms with Gasteiger partial charge in [-0.25, -0.2) is 0 Å². The van der Waals surface area contributed by atoms with Crippen LogP contribution in [0.4, 0.5) is 0 Å². The highest BCUT2D eigenvalue weighted by Crippen LogP contribution is 2.28. The zero-order valence-electron chi connectivity index (χ0n) is 14.6. The van der Waals surface area contributed by atoms with E-state index in [1.54, 1.807) is 6.07 Å². The van der Waals surface area contributed by atoms with Crippen molar-refractivity contribution >= 4 is 5.91 Å². The van der Waals surface area contributed by atoms with Crippen LogP contribution in [0.25, 0.3) is 0 Å². The maximum atomic E-state index is 12.8. The van der Waals surface area contributed by atoms with Gasteiger partial charge in [-0.3, -0.25) is 4.79 Å². The molecule has 0 atom stereocenters. The van der Waals surface area contributed by atoms with Gasteiger partial charge in [0.25, 0.3) is 5.91 Å². The molecule has 0 spiro atoms. The third-order valence-corrected chi connectivity index (χ3v) is 4.73. The Bertz CT molecular complexity index is 537. The van der Waals surface area contributed by atoms with E-state index >= 15 is 0 Å². The minimum atomic E-state index is -0.507. The predicted octanol–water partition coefficient (Wildman–Crippen LogP) is 2.54. The highest BCUT2D eigenvalue weighted by Gasteiger charge is 2.32. The fourth-order valence-electron chi connectivity index (χ4n) is 3.24. The molecule has 1 aliphatic rings. The van der Waals surface area contributed by atoms with Gasteiger partial charge in [-0.1, -0.05) is 31.7 Å². The molecule has 5 nitrogen and oxygen atoms in total. The minimum Gasteiger partial charge on any atom is -0.493 e. The van der Waals surface area contributed by atoms with Gasteiger partial charge in [-0.2, -0.15) is 0 Å². The van der Waals surface area contributed by atoms with E-state index in [1.807, 2.05) is 19.1 Å². The van der Waals surface area contributed by atoms with E-state index in [2.05, 4.69) is 5.32 Å². The number of carbonyl (C=O) groups is 1. The molecule has 24 heavy (non-hydrogen) atoms. The van der Waals surface area contributed by atoms with Gasteiger partial charge in [0, 0.05) is 0 Å². The van der Waals surface area contributed by atoms with E-state index in [9.17, 15) is 9.90 Å². The molecule has 1 aliphatic carbocycles. The lowest BCUT2D eigenvalue weighted by Gasteiger charge is -2.32. The molecule has 0 heterocycles. The number of benzene rings is 1. The lowest BCUT2D eigenvalue weighted by Crippen LogP contribution is -2.51. The van der Waals surface area contributed by atoms with Crippen molar-refractivity contribution in [3.8, 4) is 5.75 Å². The van der Waals surface area contributed by atoms with Gasteiger partial charge in [0.1, 0.15) is 5.75 Å². The standard InChI is InChI=1S/C19H30N2O3/c1-15-7-8-16(17(13-15)24-12-6-11-20)18(23)21-19(14-22)9-4-2-3-5-10-19/h7-8,13,22H,2-6,9-12,14,20H2,1H3,(H,21,23). The van der Waals surface area contributed by atoms with Crippen molar-refractivity contribution in [2.45, 2.75) is 57.4 Å². The summed E-state index contributed by atoms with van der Waals surface area (Å²) in [4.78, 5) is 12.8. The molecule has 134 valence electrons. The second kappa shape index (κ2) is 9.04. The lowest BCUT2D eigenvalue weighted by atomic mass is 9.90. The molecule has 1 aromatic rings. The number of aliphatic hydroxyl groups is 1. The van der Waals surface area contributed by atoms with Gasteiger partial charge < -0.3 is 20.9 Å². The average molecular weight is 334 g/mol. The van der Waals surface area contributed by atoms with Gasteiger partial charge in [0.15, 0.2) is 0 Å². The number of nitrogens with two attached hydrogens (primary N) is 1. The number of ether oxygens (including phenoxy) is 1. The zero-order valence-corrected chi connectivity index (χ0v) is 14.6. The molecule has 0 aliphatic heterocycles. The number of rotatable bonds is 7. The fourth-order valence-corrected chi connectivity index (χ4v) is 3.24. The Balaban J connectivity index is 2.15. The molecule has 0 saturated heterocycles. The van der Waals surface area contributed by atoms with E-state index in [0.29, 0.717) is 24.5 Å². The largest absolute Gasteiger partial charge is 0.493 e. The smallest absolute Gasteiger partial charge is 0.255 e. The predicted molar refractivity (Wildman–Crippen MR) is 95.3 cm³/mol. The first-order valence-electron chi connectivity index (χ1n) is 8.97. The molecular weight excluding hydrogens is 304 g/mol. The summed E-state index contributed by atoms with van der Waals surface area (Å²) in [5.41, 5.74) is 6.57. The highest BCUT2D eigenvalue weighted by molar-refractivity contribution is 5.97. The van der Waals surface area contributed by atoms with Crippen molar-refractivity contribution < 1.29 is 14.6 Å². The third-order valence-electron chi connectivity index (χ3n) is 4.73. The van der Waals surface area contributed by atoms with Gasteiger partial charge in [0.05, 0.1) is 24.3 Å². The molecule has 5 heteroatoms. The summed E-state index contributed by atoms with van der Waals surface area (Å²) in [6.07, 6.45) is 6.79. The number of carbonyl (C=O) groups excluding carboxylic acids is 1. The number of hydrogen-bond donors (Lipinski definition) is 3. The summed E-state index contributed by atoms with van der Waals surface area (Å²) in [5.74, 6) is 0.413. The first-order chi connectivity index (χ1) is 11.6. The summed E-state index contributed by atoms with van der Waals surface area (Å²) in [6.45, 7) is 3.00. The van der Waals surface area contributed by atoms with Crippen LogP contribution < -0.4 is 15.8 Å². The average Bonchev–Trinajstić information content (AvgIpc) is 2.81. The molecule has 0 radical (unpaired) electrons. The van der Waals surface area contributed by atoms with Crippen LogP contribution >= 0.6 is 0 Å². The molecule has 0 unspecified atom stereocenters. The van der Waals surface area contributed by atoms with Crippen molar-refractivity contribution in [1.29, 1.82) is 0 Å². The topological polar surface area (TPSA) is 84.6 Å². The van der Waals surface area contributed by atoms with Crippen LogP contribution in [0.1, 0.15) is 60.9 Å². The SMILES string of the molecule is Cc1ccc(C(=O)NC2(CO)CCCCCC2)c(OCCCN)c1. The maximum Gasteiger partial charge on any atom is 0.255 e.